The molecule has 1 unspecified atom stereocenters. The van der Waals surface area contributed by atoms with Crippen molar-refractivity contribution in [2.75, 3.05) is 12.1 Å². The Kier molecular flexibility index (Phi) is 5.27. The first kappa shape index (κ1) is 20.1. The van der Waals surface area contributed by atoms with E-state index in [1.165, 1.54) is 24.3 Å². The van der Waals surface area contributed by atoms with Crippen LogP contribution in [0, 0.1) is 5.82 Å². The van der Waals surface area contributed by atoms with Gasteiger partial charge in [0.25, 0.3) is 0 Å². The lowest BCUT2D eigenvalue weighted by molar-refractivity contribution is 0.415. The van der Waals surface area contributed by atoms with Gasteiger partial charge >= 0.3 is 0 Å². The highest BCUT2D eigenvalue weighted by molar-refractivity contribution is 7.89. The van der Waals surface area contributed by atoms with Gasteiger partial charge in [0.1, 0.15) is 11.6 Å². The first-order valence-electron chi connectivity index (χ1n) is 9.24. The third-order valence-electron chi connectivity index (χ3n) is 5.00. The molecule has 154 valence electrons. The van der Waals surface area contributed by atoms with Crippen LogP contribution in [0.15, 0.2) is 82.8 Å². The van der Waals surface area contributed by atoms with Crippen LogP contribution in [0.5, 0.6) is 5.75 Å². The molecule has 0 spiro atoms. The number of hydrogen-bond acceptors (Lipinski definition) is 5. The Labute approximate surface area is 174 Å². The highest BCUT2D eigenvalue weighted by Gasteiger charge is 2.30. The minimum absolute atomic E-state index is 0.0205. The molecule has 0 saturated heterocycles. The van der Waals surface area contributed by atoms with Gasteiger partial charge in [0, 0.05) is 6.42 Å². The van der Waals surface area contributed by atoms with Gasteiger partial charge in [0.15, 0.2) is 0 Å². The molecule has 3 aromatic carbocycles. The number of rotatable bonds is 5. The number of hydrazone groups is 1. The molecule has 1 aliphatic heterocycles. The van der Waals surface area contributed by atoms with E-state index >= 15 is 0 Å². The Morgan fingerprint density at radius 1 is 1.07 bits per heavy atom. The maximum Gasteiger partial charge on any atom is 0.238 e. The first-order valence-corrected chi connectivity index (χ1v) is 10.8. The number of methoxy groups -OCH3 is 1. The Morgan fingerprint density at radius 3 is 2.37 bits per heavy atom. The molecule has 1 heterocycles. The van der Waals surface area contributed by atoms with Gasteiger partial charge in [-0.05, 0) is 71.8 Å². The van der Waals surface area contributed by atoms with Crippen molar-refractivity contribution in [3.63, 3.8) is 0 Å². The van der Waals surface area contributed by atoms with E-state index in [4.69, 9.17) is 15.0 Å². The molecule has 8 heteroatoms. The molecule has 0 saturated carbocycles. The number of anilines is 1. The summed E-state index contributed by atoms with van der Waals surface area (Å²) in [5.74, 6) is 0.421. The highest BCUT2D eigenvalue weighted by atomic mass is 32.2. The van der Waals surface area contributed by atoms with Crippen LogP contribution in [0.25, 0.3) is 0 Å². The molecule has 4 rings (SSSR count). The van der Waals surface area contributed by atoms with E-state index in [2.05, 4.69) is 0 Å². The molecule has 0 aliphatic carbocycles. The number of sulfonamides is 1. The number of ether oxygens (including phenoxy) is 1. The first-order chi connectivity index (χ1) is 14.3. The average Bonchev–Trinajstić information content (AvgIpc) is 3.19. The van der Waals surface area contributed by atoms with Crippen molar-refractivity contribution >= 4 is 21.4 Å². The topological polar surface area (TPSA) is 85.0 Å². The normalized spacial score (nSPS) is 16.4. The molecule has 0 fully saturated rings. The quantitative estimate of drug-likeness (QED) is 0.673. The van der Waals surface area contributed by atoms with Crippen molar-refractivity contribution in [2.45, 2.75) is 17.4 Å². The number of nitrogens with zero attached hydrogens (tertiary/aromatic N) is 2. The third-order valence-corrected chi connectivity index (χ3v) is 5.93. The zero-order valence-electron chi connectivity index (χ0n) is 16.2. The smallest absolute Gasteiger partial charge is 0.238 e. The van der Waals surface area contributed by atoms with Gasteiger partial charge in [-0.2, -0.15) is 5.10 Å². The van der Waals surface area contributed by atoms with Crippen molar-refractivity contribution in [3.8, 4) is 5.75 Å². The van der Waals surface area contributed by atoms with Crippen molar-refractivity contribution in [2.24, 2.45) is 10.2 Å². The van der Waals surface area contributed by atoms with Gasteiger partial charge < -0.3 is 4.74 Å². The molecular weight excluding hydrogens is 405 g/mol. The van der Waals surface area contributed by atoms with Crippen LogP contribution >= 0.6 is 0 Å². The minimum atomic E-state index is -3.79. The van der Waals surface area contributed by atoms with Crippen molar-refractivity contribution in [1.82, 2.24) is 0 Å². The van der Waals surface area contributed by atoms with Crippen molar-refractivity contribution < 1.29 is 17.5 Å². The molecule has 0 bridgehead atoms. The number of primary sulfonamides is 1. The van der Waals surface area contributed by atoms with Gasteiger partial charge in [0.05, 0.1) is 29.4 Å². The predicted molar refractivity (Wildman–Crippen MR) is 114 cm³/mol. The van der Waals surface area contributed by atoms with Crippen LogP contribution in [0.2, 0.25) is 0 Å². The fourth-order valence-corrected chi connectivity index (χ4v) is 3.98. The van der Waals surface area contributed by atoms with Crippen LogP contribution in [0.1, 0.15) is 23.6 Å². The largest absolute Gasteiger partial charge is 0.497 e. The van der Waals surface area contributed by atoms with Crippen LogP contribution in [-0.2, 0) is 10.0 Å². The van der Waals surface area contributed by atoms with Crippen LogP contribution in [0.3, 0.4) is 0 Å². The monoisotopic (exact) mass is 425 g/mol. The fourth-order valence-electron chi connectivity index (χ4n) is 3.47. The third kappa shape index (κ3) is 4.05. The number of hydrogen-bond donors (Lipinski definition) is 1. The molecule has 0 amide bonds. The summed E-state index contributed by atoms with van der Waals surface area (Å²) >= 11 is 0. The second kappa shape index (κ2) is 7.89. The Morgan fingerprint density at radius 2 is 1.77 bits per heavy atom. The summed E-state index contributed by atoms with van der Waals surface area (Å²) < 4.78 is 42.2. The van der Waals surface area contributed by atoms with Gasteiger partial charge in [-0.1, -0.05) is 12.1 Å². The summed E-state index contributed by atoms with van der Waals surface area (Å²) in [5, 5.41) is 11.7. The van der Waals surface area contributed by atoms with Crippen molar-refractivity contribution in [3.05, 3.63) is 89.7 Å². The molecule has 1 atom stereocenters. The average molecular weight is 425 g/mol. The van der Waals surface area contributed by atoms with E-state index in [1.54, 1.807) is 30.3 Å². The van der Waals surface area contributed by atoms with E-state index in [-0.39, 0.29) is 16.8 Å². The second-order valence-electron chi connectivity index (χ2n) is 6.93. The maximum absolute atomic E-state index is 13.9. The van der Waals surface area contributed by atoms with Gasteiger partial charge in [-0.25, -0.2) is 17.9 Å². The predicted octanol–water partition coefficient (Wildman–Crippen LogP) is 3.84. The minimum Gasteiger partial charge on any atom is -0.497 e. The van der Waals surface area contributed by atoms with Crippen LogP contribution in [0.4, 0.5) is 10.1 Å². The van der Waals surface area contributed by atoms with E-state index in [1.807, 2.05) is 30.3 Å². The lowest BCUT2D eigenvalue weighted by Gasteiger charge is -2.24. The van der Waals surface area contributed by atoms with E-state index in [0.717, 1.165) is 22.6 Å². The van der Waals surface area contributed by atoms with Crippen LogP contribution in [-0.4, -0.2) is 21.2 Å². The maximum atomic E-state index is 13.9. The summed E-state index contributed by atoms with van der Waals surface area (Å²) in [6, 6.07) is 19.9. The zero-order chi connectivity index (χ0) is 21.3. The molecule has 0 radical (unpaired) electrons. The molecule has 0 aromatic heterocycles. The molecular formula is C22H20FN3O3S. The standard InChI is InChI=1S/C22H20FN3O3S/c1-29-19-9-5-15(6-10-19)21-14-22(16-3-2-4-17(23)13-16)26(25-21)18-7-11-20(12-8-18)30(24,27)28/h2-13,22H,14H2,1H3,(H2,24,27,28). The molecule has 30 heavy (non-hydrogen) atoms. The summed E-state index contributed by atoms with van der Waals surface area (Å²) in [5.41, 5.74) is 3.22. The number of halogens is 1. The molecule has 3 aromatic rings. The highest BCUT2D eigenvalue weighted by Crippen LogP contribution is 2.37. The Bertz CT molecular complexity index is 1190. The summed E-state index contributed by atoms with van der Waals surface area (Å²) in [6.07, 6.45) is 0.562. The second-order valence-corrected chi connectivity index (χ2v) is 8.50. The lowest BCUT2D eigenvalue weighted by Crippen LogP contribution is -2.19. The number of nitrogens with two attached hydrogens (primary N) is 1. The van der Waals surface area contributed by atoms with Gasteiger partial charge in [-0.3, -0.25) is 5.01 Å². The van der Waals surface area contributed by atoms with E-state index < -0.39 is 10.0 Å². The summed E-state index contributed by atoms with van der Waals surface area (Å²) in [4.78, 5) is 0.0205. The molecule has 1 aliphatic rings. The Hall–Kier alpha value is -3.23. The van der Waals surface area contributed by atoms with Gasteiger partial charge in [-0.15, -0.1) is 0 Å². The van der Waals surface area contributed by atoms with Crippen molar-refractivity contribution in [1.29, 1.82) is 0 Å². The fraction of sp³-hybridized carbons (Fsp3) is 0.136. The summed E-state index contributed by atoms with van der Waals surface area (Å²) in [7, 11) is -2.18. The van der Waals surface area contributed by atoms with E-state index in [0.29, 0.717) is 12.1 Å². The summed E-state index contributed by atoms with van der Waals surface area (Å²) in [6.45, 7) is 0. The van der Waals surface area contributed by atoms with Crippen LogP contribution < -0.4 is 14.9 Å². The SMILES string of the molecule is COc1ccc(C2=NN(c3ccc(S(N)(=O)=O)cc3)C(c3cccc(F)c3)C2)cc1. The molecule has 6 nitrogen and oxygen atoms in total. The van der Waals surface area contributed by atoms with E-state index in [9.17, 15) is 12.8 Å². The van der Waals surface area contributed by atoms with Gasteiger partial charge in [0.2, 0.25) is 10.0 Å². The lowest BCUT2D eigenvalue weighted by atomic mass is 9.98. The Balaban J connectivity index is 1.74. The zero-order valence-corrected chi connectivity index (χ0v) is 17.0. The number of benzene rings is 3. The molecule has 2 N–H and O–H groups in total.